The van der Waals surface area contributed by atoms with Gasteiger partial charge in [-0.15, -0.1) is 0 Å². The van der Waals surface area contributed by atoms with Crippen molar-refractivity contribution >= 4 is 34.8 Å². The topological polar surface area (TPSA) is 112 Å². The molecule has 40 heavy (non-hydrogen) atoms. The average Bonchev–Trinajstić information content (AvgIpc) is 3.74. The van der Waals surface area contributed by atoms with Gasteiger partial charge in [-0.2, -0.15) is 0 Å². The molecule has 2 amide bonds. The Morgan fingerprint density at radius 3 is 2.38 bits per heavy atom. The van der Waals surface area contributed by atoms with Crippen molar-refractivity contribution in [3.63, 3.8) is 0 Å². The first-order chi connectivity index (χ1) is 19.6. The van der Waals surface area contributed by atoms with E-state index >= 15 is 0 Å². The lowest BCUT2D eigenvalue weighted by molar-refractivity contribution is -0.141. The molecule has 1 unspecified atom stereocenters. The Morgan fingerprint density at radius 2 is 1.68 bits per heavy atom. The molecule has 3 N–H and O–H groups in total. The van der Waals surface area contributed by atoms with Gasteiger partial charge in [0, 0.05) is 61.6 Å². The summed E-state index contributed by atoms with van der Waals surface area (Å²) in [6.45, 7) is 4.61. The highest BCUT2D eigenvalue weighted by Crippen LogP contribution is 2.24. The number of amides is 2. The van der Waals surface area contributed by atoms with Gasteiger partial charge in [0.25, 0.3) is 5.91 Å². The number of hydrogen-bond acceptors (Lipinski definition) is 8. The molecule has 208 valence electrons. The Hall–Kier alpha value is -4.02. The van der Waals surface area contributed by atoms with Crippen molar-refractivity contribution < 1.29 is 14.3 Å². The van der Waals surface area contributed by atoms with Gasteiger partial charge >= 0.3 is 0 Å². The molecule has 6 rings (SSSR count). The molecule has 0 bridgehead atoms. The van der Waals surface area contributed by atoms with Gasteiger partial charge in [-0.3, -0.25) is 9.59 Å². The Bertz CT molecular complexity index is 1310. The van der Waals surface area contributed by atoms with Crippen LogP contribution in [0.1, 0.15) is 25.7 Å². The van der Waals surface area contributed by atoms with Crippen LogP contribution in [-0.4, -0.2) is 78.2 Å². The van der Waals surface area contributed by atoms with Crippen LogP contribution in [0.3, 0.4) is 0 Å². The fraction of sp³-hybridized carbons (Fsp3) is 0.400. The summed E-state index contributed by atoms with van der Waals surface area (Å²) < 4.78 is 5.57. The third-order valence-electron chi connectivity index (χ3n) is 7.77. The SMILES string of the molecule is O=C(Nc1ccc(-c2ccnc(Nc3ccc(N4CCN(C(=O)C5CCCO5)CC4)cc3)n2)cc1)[C@H]1CCCN1. The molecule has 0 spiro atoms. The van der Waals surface area contributed by atoms with Crippen molar-refractivity contribution in [1.82, 2.24) is 20.2 Å². The van der Waals surface area contributed by atoms with Crippen molar-refractivity contribution in [2.75, 3.05) is 54.9 Å². The number of carbonyl (C=O) groups is 2. The van der Waals surface area contributed by atoms with Crippen molar-refractivity contribution in [2.24, 2.45) is 0 Å². The van der Waals surface area contributed by atoms with E-state index in [0.717, 1.165) is 73.6 Å². The summed E-state index contributed by atoms with van der Waals surface area (Å²) in [6.07, 6.45) is 5.20. The quantitative estimate of drug-likeness (QED) is 0.417. The third-order valence-corrected chi connectivity index (χ3v) is 7.77. The van der Waals surface area contributed by atoms with Crippen LogP contribution in [0.4, 0.5) is 23.0 Å². The van der Waals surface area contributed by atoms with Gasteiger partial charge < -0.3 is 30.5 Å². The van der Waals surface area contributed by atoms with E-state index in [-0.39, 0.29) is 24.0 Å². The molecule has 0 saturated carbocycles. The number of benzene rings is 2. The van der Waals surface area contributed by atoms with E-state index < -0.39 is 0 Å². The summed E-state index contributed by atoms with van der Waals surface area (Å²) in [5.41, 5.74) is 4.52. The zero-order chi connectivity index (χ0) is 27.3. The average molecular weight is 542 g/mol. The Kier molecular flexibility index (Phi) is 7.87. The molecule has 3 aromatic rings. The van der Waals surface area contributed by atoms with Gasteiger partial charge in [0.05, 0.1) is 11.7 Å². The molecule has 3 aliphatic rings. The van der Waals surface area contributed by atoms with Crippen LogP contribution in [0.2, 0.25) is 0 Å². The highest BCUT2D eigenvalue weighted by molar-refractivity contribution is 5.95. The lowest BCUT2D eigenvalue weighted by Crippen LogP contribution is -2.51. The fourth-order valence-corrected chi connectivity index (χ4v) is 5.49. The highest BCUT2D eigenvalue weighted by Gasteiger charge is 2.30. The number of carbonyl (C=O) groups excluding carboxylic acids is 2. The van der Waals surface area contributed by atoms with Crippen molar-refractivity contribution in [3.05, 3.63) is 60.8 Å². The first-order valence-electron chi connectivity index (χ1n) is 14.1. The van der Waals surface area contributed by atoms with E-state index in [2.05, 4.69) is 43.0 Å². The minimum absolute atomic E-state index is 0.0107. The molecule has 2 aromatic carbocycles. The predicted octanol–water partition coefficient (Wildman–Crippen LogP) is 3.41. The molecular weight excluding hydrogens is 506 g/mol. The lowest BCUT2D eigenvalue weighted by atomic mass is 10.1. The number of nitrogens with zero attached hydrogens (tertiary/aromatic N) is 4. The van der Waals surface area contributed by atoms with Crippen LogP contribution in [0, 0.1) is 0 Å². The number of nitrogens with one attached hydrogen (secondary N) is 3. The molecule has 10 heteroatoms. The highest BCUT2D eigenvalue weighted by atomic mass is 16.5. The maximum Gasteiger partial charge on any atom is 0.251 e. The lowest BCUT2D eigenvalue weighted by Gasteiger charge is -2.37. The molecular formula is C30H35N7O3. The van der Waals surface area contributed by atoms with Gasteiger partial charge in [-0.05, 0) is 74.7 Å². The van der Waals surface area contributed by atoms with Gasteiger partial charge in [-0.25, -0.2) is 9.97 Å². The molecule has 0 aliphatic carbocycles. The first-order valence-corrected chi connectivity index (χ1v) is 14.1. The zero-order valence-corrected chi connectivity index (χ0v) is 22.5. The first kappa shape index (κ1) is 26.2. The van der Waals surface area contributed by atoms with Gasteiger partial charge in [-0.1, -0.05) is 12.1 Å². The summed E-state index contributed by atoms with van der Waals surface area (Å²) in [6, 6.07) is 17.7. The Labute approximate surface area is 234 Å². The minimum Gasteiger partial charge on any atom is -0.368 e. The second-order valence-electron chi connectivity index (χ2n) is 10.5. The summed E-state index contributed by atoms with van der Waals surface area (Å²) in [7, 11) is 0. The monoisotopic (exact) mass is 541 g/mol. The van der Waals surface area contributed by atoms with Crippen molar-refractivity contribution in [2.45, 2.75) is 37.8 Å². The molecule has 2 atom stereocenters. The third kappa shape index (κ3) is 6.08. The van der Waals surface area contributed by atoms with Crippen LogP contribution in [0.15, 0.2) is 60.8 Å². The standard InChI is InChI=1S/C30H35N7O3/c38-28(26-3-1-14-31-26)33-22-7-5-21(6-8-22)25-13-15-32-30(35-25)34-23-9-11-24(12-10-23)36-16-18-37(19-17-36)29(39)27-4-2-20-40-27/h5-13,15,26-27,31H,1-4,14,16-20H2,(H,33,38)(H,32,34,35)/t26-,27?/m1/s1. The number of rotatable bonds is 7. The minimum atomic E-state index is -0.247. The molecule has 10 nitrogen and oxygen atoms in total. The van der Waals surface area contributed by atoms with Crippen LogP contribution < -0.4 is 20.9 Å². The predicted molar refractivity (Wildman–Crippen MR) is 155 cm³/mol. The summed E-state index contributed by atoms with van der Waals surface area (Å²) in [4.78, 5) is 38.3. The normalized spacial score (nSPS) is 20.9. The molecule has 0 radical (unpaired) electrons. The Balaban J connectivity index is 1.03. The molecule has 3 aliphatic heterocycles. The number of hydrogen-bond donors (Lipinski definition) is 3. The molecule has 3 fully saturated rings. The van der Waals surface area contributed by atoms with Crippen LogP contribution in [0.5, 0.6) is 0 Å². The van der Waals surface area contributed by atoms with Crippen molar-refractivity contribution in [1.29, 1.82) is 0 Å². The number of piperazine rings is 1. The van der Waals surface area contributed by atoms with Crippen LogP contribution in [-0.2, 0) is 14.3 Å². The van der Waals surface area contributed by atoms with E-state index in [0.29, 0.717) is 25.6 Å². The van der Waals surface area contributed by atoms with Crippen LogP contribution >= 0.6 is 0 Å². The summed E-state index contributed by atoms with van der Waals surface area (Å²) in [5.74, 6) is 0.659. The number of aromatic nitrogens is 2. The fourth-order valence-electron chi connectivity index (χ4n) is 5.49. The van der Waals surface area contributed by atoms with Gasteiger partial charge in [0.2, 0.25) is 11.9 Å². The Morgan fingerprint density at radius 1 is 0.900 bits per heavy atom. The van der Waals surface area contributed by atoms with E-state index in [4.69, 9.17) is 4.74 Å². The maximum atomic E-state index is 12.6. The van der Waals surface area contributed by atoms with E-state index in [1.807, 2.05) is 47.4 Å². The van der Waals surface area contributed by atoms with E-state index in [1.54, 1.807) is 6.20 Å². The van der Waals surface area contributed by atoms with Crippen LogP contribution in [0.25, 0.3) is 11.3 Å². The van der Waals surface area contributed by atoms with Gasteiger partial charge in [0.1, 0.15) is 6.10 Å². The van der Waals surface area contributed by atoms with E-state index in [1.165, 1.54) is 0 Å². The maximum absolute atomic E-state index is 12.6. The van der Waals surface area contributed by atoms with E-state index in [9.17, 15) is 9.59 Å². The second-order valence-corrected chi connectivity index (χ2v) is 10.5. The second kappa shape index (κ2) is 12.0. The number of ether oxygens (including phenoxy) is 1. The molecule has 3 saturated heterocycles. The number of anilines is 4. The molecule has 1 aromatic heterocycles. The summed E-state index contributed by atoms with van der Waals surface area (Å²) >= 11 is 0. The smallest absolute Gasteiger partial charge is 0.251 e. The van der Waals surface area contributed by atoms with Crippen molar-refractivity contribution in [3.8, 4) is 11.3 Å². The molecule has 4 heterocycles. The summed E-state index contributed by atoms with van der Waals surface area (Å²) in [5, 5.41) is 9.49. The zero-order valence-electron chi connectivity index (χ0n) is 22.5. The largest absolute Gasteiger partial charge is 0.368 e. The van der Waals surface area contributed by atoms with Gasteiger partial charge in [0.15, 0.2) is 0 Å².